The highest BCUT2D eigenvalue weighted by atomic mass is 127. The van der Waals surface area contributed by atoms with Gasteiger partial charge in [0, 0.05) is 24.8 Å². The Labute approximate surface area is 117 Å². The van der Waals surface area contributed by atoms with Crippen LogP contribution in [0.5, 0.6) is 5.75 Å². The minimum Gasteiger partial charge on any atom is -0.497 e. The summed E-state index contributed by atoms with van der Waals surface area (Å²) in [4.78, 5) is 0. The van der Waals surface area contributed by atoms with Crippen molar-refractivity contribution in [1.29, 1.82) is 0 Å². The lowest BCUT2D eigenvalue weighted by molar-refractivity contribution is 0.0541. The van der Waals surface area contributed by atoms with Gasteiger partial charge >= 0.3 is 0 Å². The average Bonchev–Trinajstić information content (AvgIpc) is 2.39. The predicted molar refractivity (Wildman–Crippen MR) is 77.1 cm³/mol. The Balaban J connectivity index is 2.53. The van der Waals surface area contributed by atoms with Gasteiger partial charge in [-0.25, -0.2) is 0 Å². The predicted octanol–water partition coefficient (Wildman–Crippen LogP) is 3.22. The van der Waals surface area contributed by atoms with Crippen molar-refractivity contribution in [3.8, 4) is 5.75 Å². The number of alkyl halides is 1. The third kappa shape index (κ3) is 5.23. The molecule has 1 rings (SSSR count). The van der Waals surface area contributed by atoms with Crippen LogP contribution in [0.1, 0.15) is 18.1 Å². The van der Waals surface area contributed by atoms with Crippen LogP contribution >= 0.6 is 22.6 Å². The molecular formula is C13H19IO3. The van der Waals surface area contributed by atoms with Gasteiger partial charge in [0.15, 0.2) is 0 Å². The van der Waals surface area contributed by atoms with Gasteiger partial charge in [0.05, 0.1) is 13.2 Å². The Bertz CT molecular complexity index is 317. The molecule has 0 aliphatic heterocycles. The maximum absolute atomic E-state index is 5.84. The van der Waals surface area contributed by atoms with E-state index in [9.17, 15) is 0 Å². The molecule has 0 heterocycles. The molecule has 1 unspecified atom stereocenters. The van der Waals surface area contributed by atoms with Crippen LogP contribution in [0.25, 0.3) is 0 Å². The van der Waals surface area contributed by atoms with Crippen LogP contribution in [0.15, 0.2) is 24.3 Å². The van der Waals surface area contributed by atoms with Crippen molar-refractivity contribution in [3.05, 3.63) is 29.8 Å². The molecule has 3 nitrogen and oxygen atoms in total. The first-order valence-electron chi connectivity index (χ1n) is 5.62. The fourth-order valence-corrected chi connectivity index (χ4v) is 2.26. The van der Waals surface area contributed by atoms with E-state index in [0.29, 0.717) is 0 Å². The van der Waals surface area contributed by atoms with Crippen molar-refractivity contribution in [1.82, 2.24) is 0 Å². The number of hydrogen-bond donors (Lipinski definition) is 0. The first-order valence-corrected chi connectivity index (χ1v) is 7.14. The molecule has 1 aromatic carbocycles. The third-order valence-corrected chi connectivity index (χ3v) is 3.22. The largest absolute Gasteiger partial charge is 0.497 e. The highest BCUT2D eigenvalue weighted by Gasteiger charge is 2.10. The molecule has 0 fully saturated rings. The van der Waals surface area contributed by atoms with E-state index in [4.69, 9.17) is 14.2 Å². The van der Waals surface area contributed by atoms with Crippen LogP contribution in [-0.2, 0) is 9.47 Å². The molecule has 0 N–H and O–H groups in total. The van der Waals surface area contributed by atoms with Crippen LogP contribution in [0.3, 0.4) is 0 Å². The van der Waals surface area contributed by atoms with Gasteiger partial charge in [0.2, 0.25) is 0 Å². The molecule has 1 atom stereocenters. The first kappa shape index (κ1) is 14.7. The fourth-order valence-electron chi connectivity index (χ4n) is 1.50. The summed E-state index contributed by atoms with van der Waals surface area (Å²) in [6.07, 6.45) is 1.05. The van der Waals surface area contributed by atoms with E-state index in [1.807, 2.05) is 18.2 Å². The first-order chi connectivity index (χ1) is 8.31. The second kappa shape index (κ2) is 8.72. The van der Waals surface area contributed by atoms with Gasteiger partial charge in [0.1, 0.15) is 5.75 Å². The number of rotatable bonds is 8. The Kier molecular flexibility index (Phi) is 7.55. The van der Waals surface area contributed by atoms with Crippen molar-refractivity contribution >= 4 is 22.6 Å². The highest BCUT2D eigenvalue weighted by molar-refractivity contribution is 14.1. The smallest absolute Gasteiger partial charge is 0.119 e. The van der Waals surface area contributed by atoms with E-state index >= 15 is 0 Å². The van der Waals surface area contributed by atoms with Crippen molar-refractivity contribution in [2.24, 2.45) is 0 Å². The molecule has 0 saturated carbocycles. The summed E-state index contributed by atoms with van der Waals surface area (Å²) in [6, 6.07) is 8.03. The van der Waals surface area contributed by atoms with Gasteiger partial charge in [-0.15, -0.1) is 0 Å². The topological polar surface area (TPSA) is 27.7 Å². The second-order valence-electron chi connectivity index (χ2n) is 3.64. The molecule has 0 aromatic heterocycles. The van der Waals surface area contributed by atoms with Crippen molar-refractivity contribution in [3.63, 3.8) is 0 Å². The van der Waals surface area contributed by atoms with Crippen LogP contribution < -0.4 is 4.74 Å². The molecule has 17 heavy (non-hydrogen) atoms. The van der Waals surface area contributed by atoms with Crippen LogP contribution in [0.2, 0.25) is 0 Å². The summed E-state index contributed by atoms with van der Waals surface area (Å²) >= 11 is 2.34. The molecule has 0 saturated heterocycles. The van der Waals surface area contributed by atoms with Gasteiger partial charge < -0.3 is 14.2 Å². The maximum Gasteiger partial charge on any atom is 0.119 e. The standard InChI is InChI=1S/C13H19IO3/c1-15-7-4-8-17-13(10-14)11-5-3-6-12(9-11)16-2/h3,5-6,9,13H,4,7-8,10H2,1-2H3. The molecule has 0 radical (unpaired) electrons. The summed E-state index contributed by atoms with van der Waals surface area (Å²) in [5.41, 5.74) is 1.16. The van der Waals surface area contributed by atoms with Gasteiger partial charge in [-0.3, -0.25) is 0 Å². The molecule has 0 aliphatic carbocycles. The van der Waals surface area contributed by atoms with E-state index in [1.165, 1.54) is 0 Å². The van der Waals surface area contributed by atoms with Crippen LogP contribution in [-0.4, -0.2) is 31.9 Å². The average molecular weight is 350 g/mol. The van der Waals surface area contributed by atoms with E-state index in [2.05, 4.69) is 28.7 Å². The third-order valence-electron chi connectivity index (χ3n) is 2.42. The number of ether oxygens (including phenoxy) is 3. The Morgan fingerprint density at radius 1 is 1.24 bits per heavy atom. The Morgan fingerprint density at radius 3 is 2.71 bits per heavy atom. The summed E-state index contributed by atoms with van der Waals surface area (Å²) in [7, 11) is 3.38. The summed E-state index contributed by atoms with van der Waals surface area (Å²) in [5.74, 6) is 0.873. The van der Waals surface area contributed by atoms with Crippen molar-refractivity contribution in [2.75, 3.05) is 31.9 Å². The van der Waals surface area contributed by atoms with Gasteiger partial charge in [-0.05, 0) is 24.1 Å². The van der Waals surface area contributed by atoms with Gasteiger partial charge in [0.25, 0.3) is 0 Å². The molecule has 0 amide bonds. The maximum atomic E-state index is 5.84. The lowest BCUT2D eigenvalue weighted by Gasteiger charge is -2.16. The number of benzene rings is 1. The van der Waals surface area contributed by atoms with E-state index < -0.39 is 0 Å². The number of methoxy groups -OCH3 is 2. The molecule has 0 aliphatic rings. The molecule has 1 aromatic rings. The minimum absolute atomic E-state index is 0.127. The fraction of sp³-hybridized carbons (Fsp3) is 0.538. The second-order valence-corrected chi connectivity index (χ2v) is 4.52. The molecule has 0 bridgehead atoms. The monoisotopic (exact) mass is 350 g/mol. The lowest BCUT2D eigenvalue weighted by atomic mass is 10.1. The molecule has 4 heteroatoms. The summed E-state index contributed by atoms with van der Waals surface area (Å²) < 4.78 is 17.0. The Hall–Kier alpha value is -0.330. The summed E-state index contributed by atoms with van der Waals surface area (Å²) in [6.45, 7) is 1.46. The Morgan fingerprint density at radius 2 is 2.06 bits per heavy atom. The number of halogens is 1. The lowest BCUT2D eigenvalue weighted by Crippen LogP contribution is -2.08. The van der Waals surface area contributed by atoms with Gasteiger partial charge in [-0.2, -0.15) is 0 Å². The highest BCUT2D eigenvalue weighted by Crippen LogP contribution is 2.23. The van der Waals surface area contributed by atoms with E-state index in [-0.39, 0.29) is 6.10 Å². The zero-order chi connectivity index (χ0) is 12.5. The number of hydrogen-bond acceptors (Lipinski definition) is 3. The van der Waals surface area contributed by atoms with Crippen molar-refractivity contribution < 1.29 is 14.2 Å². The molecular weight excluding hydrogens is 331 g/mol. The molecule has 96 valence electrons. The van der Waals surface area contributed by atoms with E-state index in [0.717, 1.165) is 35.4 Å². The zero-order valence-electron chi connectivity index (χ0n) is 10.3. The summed E-state index contributed by atoms with van der Waals surface area (Å²) in [5, 5.41) is 0. The van der Waals surface area contributed by atoms with Crippen molar-refractivity contribution in [2.45, 2.75) is 12.5 Å². The normalized spacial score (nSPS) is 12.4. The quantitative estimate of drug-likeness (QED) is 0.409. The SMILES string of the molecule is COCCCOC(CI)c1cccc(OC)c1. The van der Waals surface area contributed by atoms with Crippen LogP contribution in [0, 0.1) is 0 Å². The minimum atomic E-state index is 0.127. The van der Waals surface area contributed by atoms with E-state index in [1.54, 1.807) is 14.2 Å². The zero-order valence-corrected chi connectivity index (χ0v) is 12.5. The molecule has 0 spiro atoms. The van der Waals surface area contributed by atoms with Gasteiger partial charge in [-0.1, -0.05) is 34.7 Å². The van der Waals surface area contributed by atoms with Crippen LogP contribution in [0.4, 0.5) is 0 Å².